The molecule has 1 unspecified atom stereocenters. The summed E-state index contributed by atoms with van der Waals surface area (Å²) in [6.07, 6.45) is 0.997. The zero-order chi connectivity index (χ0) is 12.5. The first-order valence-electron chi connectivity index (χ1n) is 5.99. The summed E-state index contributed by atoms with van der Waals surface area (Å²) in [5.74, 6) is 0. The lowest BCUT2D eigenvalue weighted by atomic mass is 9.92. The van der Waals surface area contributed by atoms with Crippen molar-refractivity contribution in [2.24, 2.45) is 0 Å². The molecular formula is C15H13BrClN. The van der Waals surface area contributed by atoms with Gasteiger partial charge in [0.15, 0.2) is 0 Å². The number of hydrogen-bond acceptors (Lipinski definition) is 1. The van der Waals surface area contributed by atoms with E-state index >= 15 is 0 Å². The van der Waals surface area contributed by atoms with Gasteiger partial charge in [0.1, 0.15) is 0 Å². The summed E-state index contributed by atoms with van der Waals surface area (Å²) in [5, 5.41) is 4.36. The average Bonchev–Trinajstić information content (AvgIpc) is 2.39. The Balaban J connectivity index is 1.94. The molecule has 1 aliphatic rings. The van der Waals surface area contributed by atoms with E-state index in [0.29, 0.717) is 6.04 Å². The predicted octanol–water partition coefficient (Wildman–Crippen LogP) is 4.49. The Hall–Kier alpha value is -0.830. The van der Waals surface area contributed by atoms with Gasteiger partial charge in [-0.2, -0.15) is 0 Å². The van der Waals surface area contributed by atoms with Gasteiger partial charge < -0.3 is 5.32 Å². The maximum Gasteiger partial charge on any atom is 0.0420 e. The Morgan fingerprint density at radius 2 is 1.94 bits per heavy atom. The van der Waals surface area contributed by atoms with E-state index in [1.807, 2.05) is 6.07 Å². The summed E-state index contributed by atoms with van der Waals surface area (Å²) < 4.78 is 1.12. The van der Waals surface area contributed by atoms with Crippen LogP contribution in [0.3, 0.4) is 0 Å². The molecule has 1 aliphatic heterocycles. The van der Waals surface area contributed by atoms with Gasteiger partial charge in [-0.05, 0) is 35.2 Å². The number of hydrogen-bond donors (Lipinski definition) is 1. The first kappa shape index (κ1) is 12.2. The number of fused-ring (bicyclic) bond motifs is 1. The Morgan fingerprint density at radius 3 is 2.72 bits per heavy atom. The zero-order valence-electron chi connectivity index (χ0n) is 9.79. The highest BCUT2D eigenvalue weighted by atomic mass is 79.9. The fraction of sp³-hybridized carbons (Fsp3) is 0.200. The minimum absolute atomic E-state index is 0.385. The normalized spacial score (nSPS) is 18.4. The van der Waals surface area contributed by atoms with Crippen LogP contribution in [-0.4, -0.2) is 0 Å². The molecule has 3 rings (SSSR count). The molecule has 0 aliphatic carbocycles. The van der Waals surface area contributed by atoms with Gasteiger partial charge in [0.25, 0.3) is 0 Å². The lowest BCUT2D eigenvalue weighted by molar-refractivity contribution is 0.498. The number of benzene rings is 2. The van der Waals surface area contributed by atoms with Crippen molar-refractivity contribution >= 4 is 27.5 Å². The average molecular weight is 323 g/mol. The van der Waals surface area contributed by atoms with Crippen LogP contribution < -0.4 is 5.32 Å². The molecule has 0 bridgehead atoms. The SMILES string of the molecule is Clc1cc(Br)c2c(c1)CNC(c1ccccc1)C2. The van der Waals surface area contributed by atoms with Gasteiger partial charge in [-0.1, -0.05) is 57.9 Å². The molecule has 0 saturated carbocycles. The van der Waals surface area contributed by atoms with Crippen molar-refractivity contribution in [1.82, 2.24) is 5.32 Å². The molecule has 1 N–H and O–H groups in total. The van der Waals surface area contributed by atoms with Crippen molar-refractivity contribution in [3.05, 3.63) is 68.7 Å². The summed E-state index contributed by atoms with van der Waals surface area (Å²) in [7, 11) is 0. The predicted molar refractivity (Wildman–Crippen MR) is 78.9 cm³/mol. The van der Waals surface area contributed by atoms with Crippen LogP contribution in [0.5, 0.6) is 0 Å². The summed E-state index contributed by atoms with van der Waals surface area (Å²) in [6.45, 7) is 0.869. The summed E-state index contributed by atoms with van der Waals surface area (Å²) in [6, 6.07) is 15.0. The first-order valence-corrected chi connectivity index (χ1v) is 7.16. The topological polar surface area (TPSA) is 12.0 Å². The molecule has 18 heavy (non-hydrogen) atoms. The number of nitrogens with one attached hydrogen (secondary N) is 1. The number of halogens is 2. The van der Waals surface area contributed by atoms with E-state index < -0.39 is 0 Å². The third-order valence-corrected chi connectivity index (χ3v) is 4.33. The Bertz CT molecular complexity index is 568. The van der Waals surface area contributed by atoms with Gasteiger partial charge >= 0.3 is 0 Å². The fourth-order valence-corrected chi connectivity index (χ4v) is 3.51. The molecule has 0 amide bonds. The Kier molecular flexibility index (Phi) is 3.42. The molecule has 1 heterocycles. The minimum atomic E-state index is 0.385. The maximum atomic E-state index is 6.08. The maximum absolute atomic E-state index is 6.08. The summed E-state index contributed by atoms with van der Waals surface area (Å²) in [4.78, 5) is 0. The first-order chi connectivity index (χ1) is 8.74. The molecular weight excluding hydrogens is 310 g/mol. The molecule has 0 spiro atoms. The molecule has 1 atom stereocenters. The van der Waals surface area contributed by atoms with Gasteiger partial charge in [-0.25, -0.2) is 0 Å². The molecule has 1 nitrogen and oxygen atoms in total. The summed E-state index contributed by atoms with van der Waals surface area (Å²) in [5.41, 5.74) is 4.00. The van der Waals surface area contributed by atoms with E-state index in [4.69, 9.17) is 11.6 Å². The Labute approximate surface area is 120 Å². The Morgan fingerprint density at radius 1 is 1.17 bits per heavy atom. The highest BCUT2D eigenvalue weighted by molar-refractivity contribution is 9.10. The van der Waals surface area contributed by atoms with E-state index in [-0.39, 0.29) is 0 Å². The molecule has 0 saturated heterocycles. The van der Waals surface area contributed by atoms with Crippen molar-refractivity contribution in [1.29, 1.82) is 0 Å². The van der Waals surface area contributed by atoms with Crippen LogP contribution in [0.2, 0.25) is 5.02 Å². The molecule has 3 heteroatoms. The highest BCUT2D eigenvalue weighted by Gasteiger charge is 2.21. The highest BCUT2D eigenvalue weighted by Crippen LogP contribution is 2.33. The molecule has 0 radical (unpaired) electrons. The van der Waals surface area contributed by atoms with E-state index in [0.717, 1.165) is 22.5 Å². The lowest BCUT2D eigenvalue weighted by Gasteiger charge is -2.27. The lowest BCUT2D eigenvalue weighted by Crippen LogP contribution is -2.28. The third kappa shape index (κ3) is 2.33. The van der Waals surface area contributed by atoms with Gasteiger partial charge in [0.05, 0.1) is 0 Å². The van der Waals surface area contributed by atoms with E-state index in [1.165, 1.54) is 16.7 Å². The van der Waals surface area contributed by atoms with E-state index in [9.17, 15) is 0 Å². The van der Waals surface area contributed by atoms with Crippen LogP contribution in [0.1, 0.15) is 22.7 Å². The van der Waals surface area contributed by atoms with Crippen LogP contribution in [-0.2, 0) is 13.0 Å². The van der Waals surface area contributed by atoms with Crippen LogP contribution in [0.15, 0.2) is 46.9 Å². The van der Waals surface area contributed by atoms with Crippen molar-refractivity contribution in [2.75, 3.05) is 0 Å². The fourth-order valence-electron chi connectivity index (χ4n) is 2.47. The van der Waals surface area contributed by atoms with Crippen molar-refractivity contribution in [3.63, 3.8) is 0 Å². The monoisotopic (exact) mass is 321 g/mol. The van der Waals surface area contributed by atoms with Crippen LogP contribution in [0, 0.1) is 0 Å². The standard InChI is InChI=1S/C15H13BrClN/c16-14-7-12(17)6-11-9-18-15(8-13(11)14)10-4-2-1-3-5-10/h1-7,15,18H,8-9H2. The second-order valence-electron chi connectivity index (χ2n) is 4.57. The smallest absolute Gasteiger partial charge is 0.0420 e. The van der Waals surface area contributed by atoms with Crippen molar-refractivity contribution in [3.8, 4) is 0 Å². The number of rotatable bonds is 1. The molecule has 0 aromatic heterocycles. The van der Waals surface area contributed by atoms with Gasteiger partial charge in [-0.15, -0.1) is 0 Å². The minimum Gasteiger partial charge on any atom is -0.306 e. The third-order valence-electron chi connectivity index (χ3n) is 3.40. The second-order valence-corrected chi connectivity index (χ2v) is 5.86. The second kappa shape index (κ2) is 5.04. The quantitative estimate of drug-likeness (QED) is 0.815. The zero-order valence-corrected chi connectivity index (χ0v) is 12.1. The van der Waals surface area contributed by atoms with Gasteiger partial charge in [0.2, 0.25) is 0 Å². The van der Waals surface area contributed by atoms with Gasteiger partial charge in [-0.3, -0.25) is 0 Å². The van der Waals surface area contributed by atoms with E-state index in [1.54, 1.807) is 0 Å². The van der Waals surface area contributed by atoms with Crippen LogP contribution in [0.25, 0.3) is 0 Å². The van der Waals surface area contributed by atoms with Crippen LogP contribution in [0.4, 0.5) is 0 Å². The van der Waals surface area contributed by atoms with Crippen molar-refractivity contribution in [2.45, 2.75) is 19.0 Å². The summed E-state index contributed by atoms with van der Waals surface area (Å²) >= 11 is 9.70. The largest absolute Gasteiger partial charge is 0.306 e. The molecule has 2 aromatic carbocycles. The molecule has 92 valence electrons. The molecule has 2 aromatic rings. The molecule has 0 fully saturated rings. The van der Waals surface area contributed by atoms with Crippen LogP contribution >= 0.6 is 27.5 Å². The van der Waals surface area contributed by atoms with Gasteiger partial charge in [0, 0.05) is 22.1 Å². The van der Waals surface area contributed by atoms with E-state index in [2.05, 4.69) is 57.6 Å². The van der Waals surface area contributed by atoms with Crippen molar-refractivity contribution < 1.29 is 0 Å².